The summed E-state index contributed by atoms with van der Waals surface area (Å²) < 4.78 is 18.5. The standard InChI is InChI=1S/C16H15ClFNO4/c17-12-3-2-11(7-13(12)18)14(8-16(21)22)19-15(20)4-1-10-5-6-23-9-10/h2-3,5-7,9,14H,1,4,8H2,(H,19,20)(H,21,22). The van der Waals surface area contributed by atoms with Crippen molar-refractivity contribution >= 4 is 23.5 Å². The van der Waals surface area contributed by atoms with Gasteiger partial charge < -0.3 is 14.8 Å². The lowest BCUT2D eigenvalue weighted by Crippen LogP contribution is -2.30. The Morgan fingerprint density at radius 1 is 1.35 bits per heavy atom. The van der Waals surface area contributed by atoms with Crippen molar-refractivity contribution in [2.45, 2.75) is 25.3 Å². The van der Waals surface area contributed by atoms with E-state index in [4.69, 9.17) is 21.1 Å². The second kappa shape index (κ2) is 7.78. The predicted octanol–water partition coefficient (Wildman–Crippen LogP) is 3.34. The Labute approximate surface area is 137 Å². The summed E-state index contributed by atoms with van der Waals surface area (Å²) in [6, 6.07) is 4.88. The maximum atomic E-state index is 13.5. The molecule has 0 saturated carbocycles. The van der Waals surface area contributed by atoms with Crippen molar-refractivity contribution in [1.29, 1.82) is 0 Å². The second-order valence-corrected chi connectivity index (χ2v) is 5.43. The fourth-order valence-corrected chi connectivity index (χ4v) is 2.23. The molecule has 23 heavy (non-hydrogen) atoms. The van der Waals surface area contributed by atoms with E-state index in [1.165, 1.54) is 24.7 Å². The van der Waals surface area contributed by atoms with Gasteiger partial charge in [0.05, 0.1) is 30.0 Å². The summed E-state index contributed by atoms with van der Waals surface area (Å²) in [5.74, 6) is -2.08. The molecule has 2 aromatic rings. The zero-order chi connectivity index (χ0) is 16.8. The predicted molar refractivity (Wildman–Crippen MR) is 81.6 cm³/mol. The Balaban J connectivity index is 2.03. The first-order valence-corrected chi connectivity index (χ1v) is 7.30. The Hall–Kier alpha value is -2.34. The van der Waals surface area contributed by atoms with Gasteiger partial charge in [0.15, 0.2) is 0 Å². The second-order valence-electron chi connectivity index (χ2n) is 5.02. The number of aryl methyl sites for hydroxylation is 1. The van der Waals surface area contributed by atoms with Crippen LogP contribution in [0.25, 0.3) is 0 Å². The Morgan fingerprint density at radius 3 is 2.74 bits per heavy atom. The number of hydrogen-bond donors (Lipinski definition) is 2. The minimum absolute atomic E-state index is 0.0610. The molecule has 0 spiro atoms. The fraction of sp³-hybridized carbons (Fsp3) is 0.250. The Morgan fingerprint density at radius 2 is 2.13 bits per heavy atom. The SMILES string of the molecule is O=C(O)CC(NC(=O)CCc1ccoc1)c1ccc(Cl)c(F)c1. The first-order valence-electron chi connectivity index (χ1n) is 6.93. The van der Waals surface area contributed by atoms with Crippen LogP contribution in [0.5, 0.6) is 0 Å². The minimum atomic E-state index is -1.10. The molecule has 0 radical (unpaired) electrons. The molecule has 122 valence electrons. The number of amides is 1. The van der Waals surface area contributed by atoms with E-state index in [1.807, 2.05) is 0 Å². The van der Waals surface area contributed by atoms with Gasteiger partial charge in [-0.05, 0) is 35.7 Å². The lowest BCUT2D eigenvalue weighted by Gasteiger charge is -2.17. The van der Waals surface area contributed by atoms with Crippen LogP contribution in [0.3, 0.4) is 0 Å². The van der Waals surface area contributed by atoms with Gasteiger partial charge in [0.25, 0.3) is 0 Å². The molecular weight excluding hydrogens is 325 g/mol. The average molecular weight is 340 g/mol. The molecule has 5 nitrogen and oxygen atoms in total. The van der Waals surface area contributed by atoms with Crippen LogP contribution in [0.15, 0.2) is 41.2 Å². The van der Waals surface area contributed by atoms with Crippen LogP contribution in [0.1, 0.15) is 30.0 Å². The molecule has 0 aliphatic rings. The number of furan rings is 1. The van der Waals surface area contributed by atoms with Gasteiger partial charge in [0.1, 0.15) is 5.82 Å². The summed E-state index contributed by atoms with van der Waals surface area (Å²) >= 11 is 5.62. The van der Waals surface area contributed by atoms with Crippen molar-refractivity contribution in [3.05, 3.63) is 58.8 Å². The molecule has 1 aromatic heterocycles. The molecule has 1 aromatic carbocycles. The van der Waals surface area contributed by atoms with Gasteiger partial charge in [-0.3, -0.25) is 9.59 Å². The normalized spacial score (nSPS) is 11.9. The number of hydrogen-bond acceptors (Lipinski definition) is 3. The number of carbonyl (C=O) groups excluding carboxylic acids is 1. The number of rotatable bonds is 7. The highest BCUT2D eigenvalue weighted by molar-refractivity contribution is 6.30. The molecule has 1 heterocycles. The van der Waals surface area contributed by atoms with Crippen molar-refractivity contribution in [1.82, 2.24) is 5.32 Å². The number of carboxylic acid groups (broad SMARTS) is 1. The molecule has 2 N–H and O–H groups in total. The van der Waals surface area contributed by atoms with Crippen LogP contribution >= 0.6 is 11.6 Å². The summed E-state index contributed by atoms with van der Waals surface area (Å²) in [5.41, 5.74) is 1.22. The summed E-state index contributed by atoms with van der Waals surface area (Å²) in [5, 5.41) is 11.5. The van der Waals surface area contributed by atoms with Crippen LogP contribution in [-0.2, 0) is 16.0 Å². The molecule has 7 heteroatoms. The molecule has 1 atom stereocenters. The van der Waals surface area contributed by atoms with Gasteiger partial charge >= 0.3 is 5.97 Å². The molecule has 1 amide bonds. The maximum absolute atomic E-state index is 13.5. The van der Waals surface area contributed by atoms with Gasteiger partial charge in [-0.2, -0.15) is 0 Å². The third kappa shape index (κ3) is 5.10. The Bertz CT molecular complexity index is 687. The number of carboxylic acids is 1. The summed E-state index contributed by atoms with van der Waals surface area (Å²) in [6.07, 6.45) is 3.34. The van der Waals surface area contributed by atoms with Gasteiger partial charge in [0.2, 0.25) is 5.91 Å². The third-order valence-corrected chi connectivity index (χ3v) is 3.59. The monoisotopic (exact) mass is 339 g/mol. The van der Waals surface area contributed by atoms with Gasteiger partial charge in [-0.1, -0.05) is 17.7 Å². The molecule has 0 aliphatic carbocycles. The summed E-state index contributed by atoms with van der Waals surface area (Å²) in [6.45, 7) is 0. The van der Waals surface area contributed by atoms with E-state index in [0.29, 0.717) is 12.0 Å². The average Bonchev–Trinajstić information content (AvgIpc) is 3.00. The summed E-state index contributed by atoms with van der Waals surface area (Å²) in [4.78, 5) is 23.0. The van der Waals surface area contributed by atoms with E-state index < -0.39 is 17.8 Å². The van der Waals surface area contributed by atoms with Crippen LogP contribution in [-0.4, -0.2) is 17.0 Å². The first-order chi connectivity index (χ1) is 11.0. The number of halogens is 2. The van der Waals surface area contributed by atoms with Crippen LogP contribution in [0.2, 0.25) is 5.02 Å². The zero-order valence-electron chi connectivity index (χ0n) is 12.1. The highest BCUT2D eigenvalue weighted by Gasteiger charge is 2.19. The van der Waals surface area contributed by atoms with Crippen LogP contribution in [0, 0.1) is 5.82 Å². The largest absolute Gasteiger partial charge is 0.481 e. The molecule has 0 bridgehead atoms. The van der Waals surface area contributed by atoms with Crippen molar-refractivity contribution in [3.8, 4) is 0 Å². The fourth-order valence-electron chi connectivity index (χ4n) is 2.12. The van der Waals surface area contributed by atoms with Crippen molar-refractivity contribution in [3.63, 3.8) is 0 Å². The quantitative estimate of drug-likeness (QED) is 0.810. The highest BCUT2D eigenvalue weighted by atomic mass is 35.5. The lowest BCUT2D eigenvalue weighted by molar-refractivity contribution is -0.137. The molecule has 0 saturated heterocycles. The highest BCUT2D eigenvalue weighted by Crippen LogP contribution is 2.22. The van der Waals surface area contributed by atoms with E-state index in [0.717, 1.165) is 11.6 Å². The number of aliphatic carboxylic acids is 1. The van der Waals surface area contributed by atoms with Crippen molar-refractivity contribution in [2.24, 2.45) is 0 Å². The smallest absolute Gasteiger partial charge is 0.305 e. The van der Waals surface area contributed by atoms with E-state index >= 15 is 0 Å². The van der Waals surface area contributed by atoms with Gasteiger partial charge in [-0.25, -0.2) is 4.39 Å². The molecule has 1 unspecified atom stereocenters. The van der Waals surface area contributed by atoms with E-state index in [9.17, 15) is 14.0 Å². The topological polar surface area (TPSA) is 79.5 Å². The van der Waals surface area contributed by atoms with Gasteiger partial charge in [-0.15, -0.1) is 0 Å². The summed E-state index contributed by atoms with van der Waals surface area (Å²) in [7, 11) is 0. The molecule has 0 fully saturated rings. The number of nitrogens with one attached hydrogen (secondary N) is 1. The molecular formula is C16H15ClFNO4. The number of carbonyl (C=O) groups is 2. The Kier molecular flexibility index (Phi) is 5.76. The zero-order valence-corrected chi connectivity index (χ0v) is 12.8. The third-order valence-electron chi connectivity index (χ3n) is 3.28. The van der Waals surface area contributed by atoms with Crippen LogP contribution in [0.4, 0.5) is 4.39 Å². The number of benzene rings is 1. The van der Waals surface area contributed by atoms with E-state index in [2.05, 4.69) is 5.32 Å². The van der Waals surface area contributed by atoms with E-state index in [1.54, 1.807) is 6.07 Å². The van der Waals surface area contributed by atoms with Crippen molar-refractivity contribution < 1.29 is 23.5 Å². The van der Waals surface area contributed by atoms with Crippen molar-refractivity contribution in [2.75, 3.05) is 0 Å². The molecule has 0 aliphatic heterocycles. The minimum Gasteiger partial charge on any atom is -0.481 e. The molecule has 2 rings (SSSR count). The lowest BCUT2D eigenvalue weighted by atomic mass is 10.0. The van der Waals surface area contributed by atoms with Crippen LogP contribution < -0.4 is 5.32 Å². The van der Waals surface area contributed by atoms with Gasteiger partial charge in [0, 0.05) is 6.42 Å². The maximum Gasteiger partial charge on any atom is 0.305 e. The first kappa shape index (κ1) is 17.0. The van der Waals surface area contributed by atoms with E-state index in [-0.39, 0.29) is 23.8 Å².